The van der Waals surface area contributed by atoms with E-state index in [1.54, 1.807) is 13.2 Å². The first-order valence-corrected chi connectivity index (χ1v) is 8.62. The summed E-state index contributed by atoms with van der Waals surface area (Å²) in [6, 6.07) is 9.14. The summed E-state index contributed by atoms with van der Waals surface area (Å²) in [6.45, 7) is 3.35. The highest BCUT2D eigenvalue weighted by atomic mass is 16.5. The van der Waals surface area contributed by atoms with E-state index in [0.29, 0.717) is 12.1 Å². The summed E-state index contributed by atoms with van der Waals surface area (Å²) in [7, 11) is 1.72. The van der Waals surface area contributed by atoms with Crippen molar-refractivity contribution in [2.24, 2.45) is 5.41 Å². The molecule has 0 heterocycles. The summed E-state index contributed by atoms with van der Waals surface area (Å²) in [4.78, 5) is 12.2. The van der Waals surface area contributed by atoms with Gasteiger partial charge >= 0.3 is 6.03 Å². The largest absolute Gasteiger partial charge is 0.385 e. The van der Waals surface area contributed by atoms with Crippen molar-refractivity contribution in [2.75, 3.05) is 20.3 Å². The van der Waals surface area contributed by atoms with Gasteiger partial charge in [-0.1, -0.05) is 25.0 Å². The summed E-state index contributed by atoms with van der Waals surface area (Å²) < 4.78 is 5.23. The molecule has 0 radical (unpaired) electrons. The van der Waals surface area contributed by atoms with Crippen LogP contribution in [0.5, 0.6) is 0 Å². The first kappa shape index (κ1) is 18.3. The van der Waals surface area contributed by atoms with Gasteiger partial charge in [-0.15, -0.1) is 0 Å². The fourth-order valence-corrected chi connectivity index (χ4v) is 3.44. The highest BCUT2D eigenvalue weighted by molar-refractivity contribution is 5.74. The summed E-state index contributed by atoms with van der Waals surface area (Å²) >= 11 is 0. The average Bonchev–Trinajstić information content (AvgIpc) is 3.07. The second-order valence-corrected chi connectivity index (χ2v) is 6.74. The SMILES string of the molecule is COCCC1(CNC(=O)N[C@@H](C)c2cccc(C#N)c2)CCCC1. The van der Waals surface area contributed by atoms with Crippen LogP contribution in [0.25, 0.3) is 0 Å². The molecule has 2 N–H and O–H groups in total. The number of nitrogens with zero attached hydrogens (tertiary/aromatic N) is 1. The topological polar surface area (TPSA) is 74.2 Å². The van der Waals surface area contributed by atoms with Gasteiger partial charge in [-0.05, 0) is 49.3 Å². The van der Waals surface area contributed by atoms with E-state index in [1.807, 2.05) is 25.1 Å². The van der Waals surface area contributed by atoms with Gasteiger partial charge in [-0.2, -0.15) is 5.26 Å². The molecule has 5 nitrogen and oxygen atoms in total. The third-order valence-electron chi connectivity index (χ3n) is 4.99. The number of nitriles is 1. The number of ether oxygens (including phenoxy) is 1. The van der Waals surface area contributed by atoms with Gasteiger partial charge in [0, 0.05) is 20.3 Å². The van der Waals surface area contributed by atoms with Crippen LogP contribution >= 0.6 is 0 Å². The van der Waals surface area contributed by atoms with Crippen molar-refractivity contribution in [2.45, 2.75) is 45.1 Å². The van der Waals surface area contributed by atoms with Crippen molar-refractivity contribution in [3.63, 3.8) is 0 Å². The van der Waals surface area contributed by atoms with Gasteiger partial charge in [0.2, 0.25) is 0 Å². The molecule has 0 unspecified atom stereocenters. The molecule has 24 heavy (non-hydrogen) atoms. The minimum absolute atomic E-state index is 0.142. The first-order valence-electron chi connectivity index (χ1n) is 8.62. The number of amides is 2. The van der Waals surface area contributed by atoms with Crippen molar-refractivity contribution in [1.82, 2.24) is 10.6 Å². The summed E-state index contributed by atoms with van der Waals surface area (Å²) in [5.74, 6) is 0. The van der Waals surface area contributed by atoms with Gasteiger partial charge in [0.1, 0.15) is 0 Å². The van der Waals surface area contributed by atoms with Crippen LogP contribution in [-0.4, -0.2) is 26.3 Å². The smallest absolute Gasteiger partial charge is 0.315 e. The zero-order valence-electron chi connectivity index (χ0n) is 14.6. The molecule has 1 aromatic rings. The fraction of sp³-hybridized carbons (Fsp3) is 0.579. The van der Waals surface area contributed by atoms with Gasteiger partial charge < -0.3 is 15.4 Å². The summed E-state index contributed by atoms with van der Waals surface area (Å²) in [5, 5.41) is 15.0. The Morgan fingerprint density at radius 1 is 1.42 bits per heavy atom. The number of methoxy groups -OCH3 is 1. The third-order valence-corrected chi connectivity index (χ3v) is 4.99. The molecule has 2 amide bonds. The molecule has 0 aliphatic heterocycles. The number of carbonyl (C=O) groups is 1. The lowest BCUT2D eigenvalue weighted by Gasteiger charge is -2.29. The maximum atomic E-state index is 12.2. The Morgan fingerprint density at radius 2 is 2.17 bits per heavy atom. The highest BCUT2D eigenvalue weighted by Crippen LogP contribution is 2.40. The standard InChI is InChI=1S/C19H27N3O2/c1-15(17-7-5-6-16(12-17)13-20)22-18(23)21-14-19(10-11-24-2)8-3-4-9-19/h5-7,12,15H,3-4,8-11,14H2,1-2H3,(H2,21,22,23)/t15-/m0/s1. The van der Waals surface area contributed by atoms with Gasteiger partial charge in [0.05, 0.1) is 17.7 Å². The summed E-state index contributed by atoms with van der Waals surface area (Å²) in [5.41, 5.74) is 1.71. The predicted octanol–water partition coefficient (Wildman–Crippen LogP) is 3.52. The molecule has 1 saturated carbocycles. The lowest BCUT2D eigenvalue weighted by atomic mass is 9.83. The van der Waals surface area contributed by atoms with Crippen LogP contribution in [0.15, 0.2) is 24.3 Å². The number of rotatable bonds is 7. The molecule has 1 atom stereocenters. The molecule has 0 bridgehead atoms. The predicted molar refractivity (Wildman–Crippen MR) is 93.5 cm³/mol. The van der Waals surface area contributed by atoms with E-state index in [9.17, 15) is 4.79 Å². The van der Waals surface area contributed by atoms with Crippen molar-refractivity contribution >= 4 is 6.03 Å². The van der Waals surface area contributed by atoms with E-state index < -0.39 is 0 Å². The highest BCUT2D eigenvalue weighted by Gasteiger charge is 2.33. The van der Waals surface area contributed by atoms with Crippen molar-refractivity contribution < 1.29 is 9.53 Å². The Kier molecular flexibility index (Phi) is 6.62. The number of hydrogen-bond acceptors (Lipinski definition) is 3. The molecule has 1 aliphatic rings. The van der Waals surface area contributed by atoms with E-state index in [4.69, 9.17) is 10.00 Å². The van der Waals surface area contributed by atoms with E-state index in [1.165, 1.54) is 12.8 Å². The van der Waals surface area contributed by atoms with Crippen LogP contribution in [0, 0.1) is 16.7 Å². The number of urea groups is 1. The molecular formula is C19H27N3O2. The molecule has 0 aromatic heterocycles. The lowest BCUT2D eigenvalue weighted by Crippen LogP contribution is -2.43. The minimum Gasteiger partial charge on any atom is -0.385 e. The maximum Gasteiger partial charge on any atom is 0.315 e. The van der Waals surface area contributed by atoms with Crippen LogP contribution in [0.4, 0.5) is 4.79 Å². The molecule has 1 aliphatic carbocycles. The molecular weight excluding hydrogens is 302 g/mol. The lowest BCUT2D eigenvalue weighted by molar-refractivity contribution is 0.135. The first-order chi connectivity index (χ1) is 11.6. The molecule has 0 saturated heterocycles. The number of carbonyl (C=O) groups excluding carboxylic acids is 1. The van der Waals surface area contributed by atoms with E-state index >= 15 is 0 Å². The Morgan fingerprint density at radius 3 is 2.83 bits per heavy atom. The van der Waals surface area contributed by atoms with Crippen molar-refractivity contribution in [3.05, 3.63) is 35.4 Å². The van der Waals surface area contributed by atoms with Crippen LogP contribution in [-0.2, 0) is 4.74 Å². The third kappa shape index (κ3) is 4.97. The van der Waals surface area contributed by atoms with Gasteiger partial charge in [-0.3, -0.25) is 0 Å². The van der Waals surface area contributed by atoms with Crippen molar-refractivity contribution in [1.29, 1.82) is 5.26 Å². The molecule has 1 aromatic carbocycles. The van der Waals surface area contributed by atoms with E-state index in [-0.39, 0.29) is 17.5 Å². The molecule has 2 rings (SSSR count). The van der Waals surface area contributed by atoms with E-state index in [2.05, 4.69) is 16.7 Å². The number of benzene rings is 1. The monoisotopic (exact) mass is 329 g/mol. The van der Waals surface area contributed by atoms with Crippen LogP contribution in [0.3, 0.4) is 0 Å². The second-order valence-electron chi connectivity index (χ2n) is 6.74. The zero-order valence-corrected chi connectivity index (χ0v) is 14.6. The Balaban J connectivity index is 1.86. The minimum atomic E-state index is -0.159. The zero-order chi connectivity index (χ0) is 17.4. The number of nitrogens with one attached hydrogen (secondary N) is 2. The Hall–Kier alpha value is -2.06. The van der Waals surface area contributed by atoms with Gasteiger partial charge in [-0.25, -0.2) is 4.79 Å². The number of hydrogen-bond donors (Lipinski definition) is 2. The molecule has 5 heteroatoms. The fourth-order valence-electron chi connectivity index (χ4n) is 3.44. The molecule has 0 spiro atoms. The maximum absolute atomic E-state index is 12.2. The van der Waals surface area contributed by atoms with E-state index in [0.717, 1.165) is 31.4 Å². The van der Waals surface area contributed by atoms with Crippen LogP contribution in [0.2, 0.25) is 0 Å². The van der Waals surface area contributed by atoms with Crippen molar-refractivity contribution in [3.8, 4) is 6.07 Å². The van der Waals surface area contributed by atoms with Crippen LogP contribution < -0.4 is 10.6 Å². The average molecular weight is 329 g/mol. The second kappa shape index (κ2) is 8.70. The Bertz CT molecular complexity index is 589. The van der Waals surface area contributed by atoms with Crippen LogP contribution in [0.1, 0.15) is 56.2 Å². The molecule has 130 valence electrons. The van der Waals surface area contributed by atoms with Gasteiger partial charge in [0.25, 0.3) is 0 Å². The molecule has 1 fully saturated rings. The quantitative estimate of drug-likeness (QED) is 0.804. The Labute approximate surface area is 144 Å². The normalized spacial score (nSPS) is 17.0. The summed E-state index contributed by atoms with van der Waals surface area (Å²) in [6.07, 6.45) is 5.74. The van der Waals surface area contributed by atoms with Gasteiger partial charge in [0.15, 0.2) is 0 Å².